The van der Waals surface area contributed by atoms with Gasteiger partial charge in [0.2, 0.25) is 0 Å². The van der Waals surface area contributed by atoms with E-state index >= 15 is 0 Å². The third-order valence-electron chi connectivity index (χ3n) is 2.60. The largest absolute Gasteiger partial charge is 0.460 e. The molecule has 1 amide bonds. The molecule has 0 atom stereocenters. The summed E-state index contributed by atoms with van der Waals surface area (Å²) in [6.45, 7) is 11.0. The Hall–Kier alpha value is -1.26. The van der Waals surface area contributed by atoms with E-state index in [0.717, 1.165) is 0 Å². The number of amides is 1. The maximum Gasteiger partial charge on any atom is 0.407 e. The molecule has 0 aliphatic heterocycles. The molecule has 0 aromatic rings. The zero-order chi connectivity index (χ0) is 14.8. The summed E-state index contributed by atoms with van der Waals surface area (Å²) in [5, 5.41) is 2.75. The van der Waals surface area contributed by atoms with Crippen LogP contribution >= 0.6 is 0 Å². The van der Waals surface area contributed by atoms with Gasteiger partial charge in [0.25, 0.3) is 0 Å². The van der Waals surface area contributed by atoms with E-state index in [-0.39, 0.29) is 17.9 Å². The van der Waals surface area contributed by atoms with Gasteiger partial charge in [-0.2, -0.15) is 0 Å². The van der Waals surface area contributed by atoms with Crippen LogP contribution in [0.4, 0.5) is 4.79 Å². The Morgan fingerprint density at radius 2 is 1.42 bits per heavy atom. The SMILES string of the molecule is CC(C)(C)OC(=O)NC1CC(C(=O)OC(C)(C)C)C1. The highest BCUT2D eigenvalue weighted by Gasteiger charge is 2.38. The predicted octanol–water partition coefficient (Wildman–Crippen LogP) is 2.63. The van der Waals surface area contributed by atoms with Crippen LogP contribution in [0.2, 0.25) is 0 Å². The first-order chi connectivity index (χ1) is 8.46. The minimum atomic E-state index is -0.502. The monoisotopic (exact) mass is 271 g/mol. The molecule has 110 valence electrons. The van der Waals surface area contributed by atoms with E-state index in [1.54, 1.807) is 0 Å². The van der Waals surface area contributed by atoms with Crippen molar-refractivity contribution in [2.75, 3.05) is 0 Å². The number of rotatable bonds is 2. The van der Waals surface area contributed by atoms with Crippen molar-refractivity contribution in [2.45, 2.75) is 71.6 Å². The van der Waals surface area contributed by atoms with Crippen LogP contribution in [-0.4, -0.2) is 29.3 Å². The van der Waals surface area contributed by atoms with E-state index < -0.39 is 17.3 Å². The van der Waals surface area contributed by atoms with Gasteiger partial charge in [0.15, 0.2) is 0 Å². The first-order valence-corrected chi connectivity index (χ1v) is 6.69. The van der Waals surface area contributed by atoms with E-state index in [0.29, 0.717) is 12.8 Å². The third kappa shape index (κ3) is 5.94. The molecule has 0 unspecified atom stereocenters. The number of hydrogen-bond acceptors (Lipinski definition) is 4. The second kappa shape index (κ2) is 5.39. The fourth-order valence-corrected chi connectivity index (χ4v) is 1.79. The molecule has 5 heteroatoms. The van der Waals surface area contributed by atoms with Gasteiger partial charge in [0, 0.05) is 6.04 Å². The van der Waals surface area contributed by atoms with Crippen molar-refractivity contribution < 1.29 is 19.1 Å². The molecule has 0 aromatic carbocycles. The van der Waals surface area contributed by atoms with Crippen molar-refractivity contribution in [3.63, 3.8) is 0 Å². The highest BCUT2D eigenvalue weighted by Crippen LogP contribution is 2.30. The van der Waals surface area contributed by atoms with Crippen molar-refractivity contribution in [1.82, 2.24) is 5.32 Å². The molecule has 19 heavy (non-hydrogen) atoms. The minimum Gasteiger partial charge on any atom is -0.460 e. The van der Waals surface area contributed by atoms with E-state index in [9.17, 15) is 9.59 Å². The van der Waals surface area contributed by atoms with Crippen LogP contribution in [0.1, 0.15) is 54.4 Å². The normalized spacial score (nSPS) is 23.3. The van der Waals surface area contributed by atoms with Crippen molar-refractivity contribution >= 4 is 12.1 Å². The molecule has 0 spiro atoms. The van der Waals surface area contributed by atoms with Crippen LogP contribution in [0.5, 0.6) is 0 Å². The number of ether oxygens (including phenoxy) is 2. The lowest BCUT2D eigenvalue weighted by molar-refractivity contribution is -0.163. The van der Waals surface area contributed by atoms with Gasteiger partial charge in [-0.25, -0.2) is 4.79 Å². The van der Waals surface area contributed by atoms with Gasteiger partial charge in [-0.1, -0.05) is 0 Å². The topological polar surface area (TPSA) is 64.6 Å². The summed E-state index contributed by atoms with van der Waals surface area (Å²) in [7, 11) is 0. The Balaban J connectivity index is 2.27. The Morgan fingerprint density at radius 1 is 0.947 bits per heavy atom. The Bertz CT molecular complexity index is 345. The van der Waals surface area contributed by atoms with Crippen LogP contribution in [0.25, 0.3) is 0 Å². The van der Waals surface area contributed by atoms with Gasteiger partial charge < -0.3 is 14.8 Å². The number of esters is 1. The first kappa shape index (κ1) is 15.8. The van der Waals surface area contributed by atoms with Gasteiger partial charge in [-0.3, -0.25) is 4.79 Å². The van der Waals surface area contributed by atoms with Crippen LogP contribution in [0.3, 0.4) is 0 Å². The summed E-state index contributed by atoms with van der Waals surface area (Å²) in [4.78, 5) is 23.3. The van der Waals surface area contributed by atoms with E-state index in [2.05, 4.69) is 5.32 Å². The Morgan fingerprint density at radius 3 is 1.84 bits per heavy atom. The molecule has 0 radical (unpaired) electrons. The summed E-state index contributed by atoms with van der Waals surface area (Å²) in [6, 6.07) is 0.00682. The molecule has 1 saturated carbocycles. The maximum atomic E-state index is 11.7. The Labute approximate surface area is 115 Å². The molecule has 5 nitrogen and oxygen atoms in total. The quantitative estimate of drug-likeness (QED) is 0.784. The minimum absolute atomic E-state index is 0.00682. The second-order valence-electron chi connectivity index (χ2n) is 7.04. The number of carbonyl (C=O) groups excluding carboxylic acids is 2. The van der Waals surface area contributed by atoms with Crippen LogP contribution in [0.15, 0.2) is 0 Å². The first-order valence-electron chi connectivity index (χ1n) is 6.69. The molecule has 1 fully saturated rings. The molecule has 0 saturated heterocycles. The van der Waals surface area contributed by atoms with E-state index in [1.165, 1.54) is 0 Å². The van der Waals surface area contributed by atoms with Crippen LogP contribution in [0, 0.1) is 5.92 Å². The van der Waals surface area contributed by atoms with Gasteiger partial charge in [-0.15, -0.1) is 0 Å². The lowest BCUT2D eigenvalue weighted by Crippen LogP contribution is -2.49. The third-order valence-corrected chi connectivity index (χ3v) is 2.60. The van der Waals surface area contributed by atoms with Crippen LogP contribution in [-0.2, 0) is 14.3 Å². The summed E-state index contributed by atoms with van der Waals surface area (Å²) in [5.74, 6) is -0.297. The summed E-state index contributed by atoms with van der Waals surface area (Å²) in [6.07, 6.45) is 0.808. The second-order valence-corrected chi connectivity index (χ2v) is 7.04. The summed E-state index contributed by atoms with van der Waals surface area (Å²) in [5.41, 5.74) is -0.959. The average molecular weight is 271 g/mol. The number of hydrogen-bond donors (Lipinski definition) is 1. The van der Waals surface area contributed by atoms with Gasteiger partial charge >= 0.3 is 12.1 Å². The lowest BCUT2D eigenvalue weighted by Gasteiger charge is -2.36. The zero-order valence-electron chi connectivity index (χ0n) is 12.7. The molecule has 0 bridgehead atoms. The fourth-order valence-electron chi connectivity index (χ4n) is 1.79. The van der Waals surface area contributed by atoms with E-state index in [1.807, 2.05) is 41.5 Å². The standard InChI is InChI=1S/C14H25NO4/c1-13(2,3)18-11(16)9-7-10(8-9)15-12(17)19-14(4,5)6/h9-10H,7-8H2,1-6H3,(H,15,17). The smallest absolute Gasteiger partial charge is 0.407 e. The number of nitrogens with one attached hydrogen (secondary N) is 1. The molecular weight excluding hydrogens is 246 g/mol. The van der Waals surface area contributed by atoms with Crippen LogP contribution < -0.4 is 5.32 Å². The molecule has 1 aliphatic carbocycles. The molecule has 1 aliphatic rings. The van der Waals surface area contributed by atoms with Gasteiger partial charge in [0.05, 0.1) is 5.92 Å². The van der Waals surface area contributed by atoms with E-state index in [4.69, 9.17) is 9.47 Å². The van der Waals surface area contributed by atoms with Crippen molar-refractivity contribution in [1.29, 1.82) is 0 Å². The molecular formula is C14H25NO4. The lowest BCUT2D eigenvalue weighted by atomic mass is 9.80. The zero-order valence-corrected chi connectivity index (χ0v) is 12.7. The molecule has 0 heterocycles. The maximum absolute atomic E-state index is 11.7. The fraction of sp³-hybridized carbons (Fsp3) is 0.857. The van der Waals surface area contributed by atoms with Gasteiger partial charge in [-0.05, 0) is 54.4 Å². The number of alkyl carbamates (subject to hydrolysis) is 1. The van der Waals surface area contributed by atoms with Crippen molar-refractivity contribution in [3.8, 4) is 0 Å². The highest BCUT2D eigenvalue weighted by atomic mass is 16.6. The molecule has 1 rings (SSSR count). The van der Waals surface area contributed by atoms with Gasteiger partial charge in [0.1, 0.15) is 11.2 Å². The number of carbonyl (C=O) groups is 2. The van der Waals surface area contributed by atoms with Crippen molar-refractivity contribution in [3.05, 3.63) is 0 Å². The molecule has 0 aromatic heterocycles. The molecule has 1 N–H and O–H groups in total. The van der Waals surface area contributed by atoms with Crippen molar-refractivity contribution in [2.24, 2.45) is 5.92 Å². The summed E-state index contributed by atoms with van der Waals surface area (Å²) < 4.78 is 10.4. The predicted molar refractivity (Wildman–Crippen MR) is 71.7 cm³/mol. The summed E-state index contributed by atoms with van der Waals surface area (Å²) >= 11 is 0. The Kier molecular flexibility index (Phi) is 4.48. The highest BCUT2D eigenvalue weighted by molar-refractivity contribution is 5.75. The average Bonchev–Trinajstić information content (AvgIpc) is 2.03.